The molecule has 2 rings (SSSR count). The van der Waals surface area contributed by atoms with Crippen molar-refractivity contribution in [1.29, 1.82) is 0 Å². The summed E-state index contributed by atoms with van der Waals surface area (Å²) in [6.45, 7) is 3.85. The van der Waals surface area contributed by atoms with E-state index in [0.717, 1.165) is 29.5 Å². The molecule has 0 heterocycles. The number of carbonyl (C=O) groups excluding carboxylic acids is 3. The number of methoxy groups -OCH3 is 1. The minimum absolute atomic E-state index is 0.00472. The molecular formula is C20H26NO5-. The van der Waals surface area contributed by atoms with Crippen LogP contribution in [0, 0.1) is 25.7 Å². The number of hydrogen-bond acceptors (Lipinski definition) is 5. The van der Waals surface area contributed by atoms with E-state index in [9.17, 15) is 19.5 Å². The average molecular weight is 360 g/mol. The largest absolute Gasteiger partial charge is 0.550 e. The van der Waals surface area contributed by atoms with E-state index >= 15 is 0 Å². The van der Waals surface area contributed by atoms with Crippen molar-refractivity contribution in [1.82, 2.24) is 5.32 Å². The molecule has 0 unspecified atom stereocenters. The highest BCUT2D eigenvalue weighted by Gasteiger charge is 2.33. The molecule has 1 N–H and O–H groups in total. The molecular weight excluding hydrogens is 334 g/mol. The van der Waals surface area contributed by atoms with Crippen LogP contribution in [0.5, 0.6) is 0 Å². The van der Waals surface area contributed by atoms with E-state index in [0.29, 0.717) is 12.8 Å². The number of amides is 1. The number of esters is 1. The van der Waals surface area contributed by atoms with Gasteiger partial charge in [0.2, 0.25) is 5.91 Å². The van der Waals surface area contributed by atoms with Crippen LogP contribution in [-0.2, 0) is 19.1 Å². The summed E-state index contributed by atoms with van der Waals surface area (Å²) in [7, 11) is 1.30. The van der Waals surface area contributed by atoms with Gasteiger partial charge in [0.15, 0.2) is 0 Å². The highest BCUT2D eigenvalue weighted by atomic mass is 16.5. The smallest absolute Gasteiger partial charge is 0.307 e. The van der Waals surface area contributed by atoms with Crippen LogP contribution >= 0.6 is 0 Å². The van der Waals surface area contributed by atoms with E-state index in [1.165, 1.54) is 7.11 Å². The molecule has 1 fully saturated rings. The number of aliphatic carboxylic acids is 1. The molecule has 1 aliphatic carbocycles. The SMILES string of the molecule is COC(=O)C[C@H](NC(=O)[C@@H]1CCCC[C@@H]1C(=O)[O-])c1cc(C)ccc1C. The summed E-state index contributed by atoms with van der Waals surface area (Å²) in [5.74, 6) is -3.36. The summed E-state index contributed by atoms with van der Waals surface area (Å²) < 4.78 is 4.76. The molecule has 1 aromatic carbocycles. The Kier molecular flexibility index (Phi) is 6.77. The fraction of sp³-hybridized carbons (Fsp3) is 0.550. The van der Waals surface area contributed by atoms with E-state index in [2.05, 4.69) is 5.32 Å². The van der Waals surface area contributed by atoms with Crippen LogP contribution < -0.4 is 10.4 Å². The van der Waals surface area contributed by atoms with Gasteiger partial charge in [-0.2, -0.15) is 0 Å². The first-order chi connectivity index (χ1) is 12.3. The number of carboxylic acid groups (broad SMARTS) is 1. The second-order valence-electron chi connectivity index (χ2n) is 7.02. The van der Waals surface area contributed by atoms with Crippen LogP contribution in [0.3, 0.4) is 0 Å². The first-order valence-corrected chi connectivity index (χ1v) is 8.98. The topological polar surface area (TPSA) is 95.5 Å². The lowest BCUT2D eigenvalue weighted by Crippen LogP contribution is -2.45. The molecule has 0 spiro atoms. The van der Waals surface area contributed by atoms with Crippen molar-refractivity contribution in [2.75, 3.05) is 7.11 Å². The maximum Gasteiger partial charge on any atom is 0.307 e. The molecule has 142 valence electrons. The van der Waals surface area contributed by atoms with Crippen LogP contribution in [0.15, 0.2) is 18.2 Å². The minimum atomic E-state index is -1.18. The summed E-state index contributed by atoms with van der Waals surface area (Å²) in [4.78, 5) is 36.0. The maximum absolute atomic E-state index is 12.8. The Hall–Kier alpha value is -2.37. The Morgan fingerprint density at radius 1 is 1.19 bits per heavy atom. The molecule has 6 heteroatoms. The molecule has 26 heavy (non-hydrogen) atoms. The first-order valence-electron chi connectivity index (χ1n) is 8.98. The normalized spacial score (nSPS) is 20.9. The molecule has 1 aromatic rings. The molecule has 6 nitrogen and oxygen atoms in total. The van der Waals surface area contributed by atoms with Crippen LogP contribution in [0.4, 0.5) is 0 Å². The minimum Gasteiger partial charge on any atom is -0.550 e. The Labute approximate surface area is 153 Å². The quantitative estimate of drug-likeness (QED) is 0.777. The van der Waals surface area contributed by atoms with Gasteiger partial charge in [0.25, 0.3) is 0 Å². The number of carboxylic acids is 1. The maximum atomic E-state index is 12.8. The summed E-state index contributed by atoms with van der Waals surface area (Å²) in [6.07, 6.45) is 2.56. The van der Waals surface area contributed by atoms with E-state index in [1.807, 2.05) is 32.0 Å². The van der Waals surface area contributed by atoms with Crippen LogP contribution in [0.25, 0.3) is 0 Å². The van der Waals surface area contributed by atoms with Crippen molar-refractivity contribution >= 4 is 17.8 Å². The Bertz CT molecular complexity index is 685. The third-order valence-corrected chi connectivity index (χ3v) is 5.13. The van der Waals surface area contributed by atoms with Crippen molar-refractivity contribution in [2.24, 2.45) is 11.8 Å². The molecule has 1 aliphatic rings. The number of ether oxygens (including phenoxy) is 1. The number of benzene rings is 1. The van der Waals surface area contributed by atoms with Gasteiger partial charge in [0.05, 0.1) is 19.6 Å². The third kappa shape index (κ3) is 4.84. The molecule has 0 bridgehead atoms. The van der Waals surface area contributed by atoms with Crippen LogP contribution in [0.1, 0.15) is 54.8 Å². The van der Waals surface area contributed by atoms with Crippen LogP contribution in [0.2, 0.25) is 0 Å². The van der Waals surface area contributed by atoms with Crippen molar-refractivity contribution < 1.29 is 24.2 Å². The second-order valence-corrected chi connectivity index (χ2v) is 7.02. The predicted molar refractivity (Wildman–Crippen MR) is 93.9 cm³/mol. The summed E-state index contributed by atoms with van der Waals surface area (Å²) in [5, 5.41) is 14.3. The molecule has 1 saturated carbocycles. The van der Waals surface area contributed by atoms with Gasteiger partial charge in [0.1, 0.15) is 0 Å². The molecule has 0 aliphatic heterocycles. The van der Waals surface area contributed by atoms with Gasteiger partial charge in [-0.15, -0.1) is 0 Å². The van der Waals surface area contributed by atoms with Gasteiger partial charge in [-0.1, -0.05) is 36.6 Å². The molecule has 0 aromatic heterocycles. The van der Waals surface area contributed by atoms with E-state index in [4.69, 9.17) is 4.74 Å². The number of carbonyl (C=O) groups is 3. The van der Waals surface area contributed by atoms with Gasteiger partial charge in [-0.3, -0.25) is 9.59 Å². The fourth-order valence-electron chi connectivity index (χ4n) is 3.63. The zero-order chi connectivity index (χ0) is 19.3. The van der Waals surface area contributed by atoms with Crippen LogP contribution in [-0.4, -0.2) is 25.0 Å². The standard InChI is InChI=1S/C20H27NO5/c1-12-8-9-13(2)16(10-12)17(11-18(22)26-3)21-19(23)14-6-4-5-7-15(14)20(24)25/h8-10,14-15,17H,4-7,11H2,1-3H3,(H,21,23)(H,24,25)/p-1/t14-,15+,17+/m1/s1. The highest BCUT2D eigenvalue weighted by Crippen LogP contribution is 2.31. The Balaban J connectivity index is 2.25. The fourth-order valence-corrected chi connectivity index (χ4v) is 3.63. The Morgan fingerprint density at radius 2 is 1.85 bits per heavy atom. The average Bonchev–Trinajstić information content (AvgIpc) is 2.62. The molecule has 0 saturated heterocycles. The monoisotopic (exact) mass is 360 g/mol. The number of nitrogens with one attached hydrogen (secondary N) is 1. The molecule has 0 radical (unpaired) electrons. The van der Waals surface area contributed by atoms with Gasteiger partial charge < -0.3 is 20.0 Å². The summed E-state index contributed by atoms with van der Waals surface area (Å²) >= 11 is 0. The molecule has 1 amide bonds. The zero-order valence-corrected chi connectivity index (χ0v) is 15.5. The third-order valence-electron chi connectivity index (χ3n) is 5.13. The van der Waals surface area contributed by atoms with Crippen molar-refractivity contribution in [3.63, 3.8) is 0 Å². The molecule has 3 atom stereocenters. The Morgan fingerprint density at radius 3 is 2.46 bits per heavy atom. The lowest BCUT2D eigenvalue weighted by Gasteiger charge is -2.32. The van der Waals surface area contributed by atoms with Gasteiger partial charge in [-0.25, -0.2) is 0 Å². The predicted octanol–water partition coefficient (Wildman–Crippen LogP) is 1.58. The number of rotatable bonds is 6. The van der Waals surface area contributed by atoms with Crippen molar-refractivity contribution in [3.8, 4) is 0 Å². The van der Waals surface area contributed by atoms with E-state index in [1.54, 1.807) is 0 Å². The number of aryl methyl sites for hydroxylation is 2. The number of hydrogen-bond donors (Lipinski definition) is 1. The second kappa shape index (κ2) is 8.83. The summed E-state index contributed by atoms with van der Waals surface area (Å²) in [6, 6.07) is 5.27. The lowest BCUT2D eigenvalue weighted by molar-refractivity contribution is -0.314. The highest BCUT2D eigenvalue weighted by molar-refractivity contribution is 5.85. The van der Waals surface area contributed by atoms with Crippen molar-refractivity contribution in [3.05, 3.63) is 34.9 Å². The van der Waals surface area contributed by atoms with Gasteiger partial charge >= 0.3 is 5.97 Å². The lowest BCUT2D eigenvalue weighted by atomic mass is 9.78. The van der Waals surface area contributed by atoms with Gasteiger partial charge in [0, 0.05) is 17.8 Å². The van der Waals surface area contributed by atoms with Crippen molar-refractivity contribution in [2.45, 2.75) is 52.0 Å². The van der Waals surface area contributed by atoms with E-state index < -0.39 is 29.8 Å². The first kappa shape index (κ1) is 19.9. The van der Waals surface area contributed by atoms with E-state index in [-0.39, 0.29) is 12.3 Å². The van der Waals surface area contributed by atoms with Gasteiger partial charge in [-0.05, 0) is 37.8 Å². The zero-order valence-electron chi connectivity index (χ0n) is 15.5. The summed E-state index contributed by atoms with van der Waals surface area (Å²) in [5.41, 5.74) is 2.80.